The van der Waals surface area contributed by atoms with E-state index in [1.807, 2.05) is 20.8 Å². The predicted octanol–water partition coefficient (Wildman–Crippen LogP) is 3.03. The van der Waals surface area contributed by atoms with Gasteiger partial charge in [-0.2, -0.15) is 0 Å². The first kappa shape index (κ1) is 25.3. The summed E-state index contributed by atoms with van der Waals surface area (Å²) in [5.41, 5.74) is -1.24. The van der Waals surface area contributed by atoms with Crippen LogP contribution < -0.4 is 10.6 Å². The highest BCUT2D eigenvalue weighted by Crippen LogP contribution is 2.43. The number of rotatable bonds is 3. The lowest BCUT2D eigenvalue weighted by atomic mass is 9.67. The summed E-state index contributed by atoms with van der Waals surface area (Å²) in [6.45, 7) is 12.8. The fraction of sp³-hybridized carbons (Fsp3) is 0.833. The first-order valence-electron chi connectivity index (χ1n) is 12.1. The number of hydrogen-bond acceptors (Lipinski definition) is 5. The first-order valence-corrected chi connectivity index (χ1v) is 12.1. The quantitative estimate of drug-likeness (QED) is 0.624. The summed E-state index contributed by atoms with van der Waals surface area (Å²) in [6.07, 6.45) is 3.84. The van der Waals surface area contributed by atoms with Crippen LogP contribution in [0, 0.1) is 11.3 Å². The van der Waals surface area contributed by atoms with Crippen LogP contribution in [0.4, 0.5) is 9.59 Å². The highest BCUT2D eigenvalue weighted by atomic mass is 16.6. The average Bonchev–Trinajstić information content (AvgIpc) is 2.91. The lowest BCUT2D eigenvalue weighted by Gasteiger charge is -2.40. The van der Waals surface area contributed by atoms with Gasteiger partial charge in [0, 0.05) is 19.1 Å². The van der Waals surface area contributed by atoms with Crippen LogP contribution in [0.1, 0.15) is 80.1 Å². The van der Waals surface area contributed by atoms with Gasteiger partial charge in [-0.1, -0.05) is 20.8 Å². The van der Waals surface area contributed by atoms with Crippen LogP contribution in [-0.4, -0.2) is 70.6 Å². The molecule has 5 amide bonds. The molecule has 1 aliphatic carbocycles. The molecule has 33 heavy (non-hydrogen) atoms. The van der Waals surface area contributed by atoms with Gasteiger partial charge in [0.05, 0.1) is 0 Å². The van der Waals surface area contributed by atoms with Crippen molar-refractivity contribution in [2.24, 2.45) is 11.3 Å². The van der Waals surface area contributed by atoms with Gasteiger partial charge in [-0.15, -0.1) is 0 Å². The van der Waals surface area contributed by atoms with Crippen molar-refractivity contribution < 1.29 is 23.9 Å². The summed E-state index contributed by atoms with van der Waals surface area (Å²) in [5, 5.41) is 5.81. The highest BCUT2D eigenvalue weighted by Gasteiger charge is 2.53. The lowest BCUT2D eigenvalue weighted by Crippen LogP contribution is -2.52. The molecule has 9 heteroatoms. The second-order valence-electron chi connectivity index (χ2n) is 11.9. The Kier molecular flexibility index (Phi) is 7.01. The molecule has 3 fully saturated rings. The van der Waals surface area contributed by atoms with E-state index in [1.165, 1.54) is 0 Å². The lowest BCUT2D eigenvalue weighted by molar-refractivity contribution is -0.136. The zero-order chi connectivity index (χ0) is 24.6. The van der Waals surface area contributed by atoms with Crippen LogP contribution in [0.3, 0.4) is 0 Å². The smallest absolute Gasteiger partial charge is 0.410 e. The predicted molar refractivity (Wildman–Crippen MR) is 123 cm³/mol. The molecule has 9 nitrogen and oxygen atoms in total. The SMILES string of the molecule is CC(C)(C)OC(=O)N1CCC(NC(=O)CN2C(=O)NC3(CCC(C(C)(C)C)CC3)C2=O)CC1. The van der Waals surface area contributed by atoms with Crippen molar-refractivity contribution in [3.05, 3.63) is 0 Å². The summed E-state index contributed by atoms with van der Waals surface area (Å²) < 4.78 is 5.40. The maximum absolute atomic E-state index is 13.1. The Morgan fingerprint density at radius 3 is 2.12 bits per heavy atom. The number of hydrogen-bond donors (Lipinski definition) is 2. The Hall–Kier alpha value is -2.32. The molecule has 2 N–H and O–H groups in total. The van der Waals surface area contributed by atoms with Crippen molar-refractivity contribution in [2.45, 2.75) is 97.2 Å². The third kappa shape index (κ3) is 5.98. The van der Waals surface area contributed by atoms with Gasteiger partial charge in [0.1, 0.15) is 17.7 Å². The van der Waals surface area contributed by atoms with Gasteiger partial charge < -0.3 is 20.3 Å². The van der Waals surface area contributed by atoms with E-state index in [4.69, 9.17) is 4.74 Å². The number of carbonyl (C=O) groups excluding carboxylic acids is 4. The zero-order valence-corrected chi connectivity index (χ0v) is 21.0. The van der Waals surface area contributed by atoms with Gasteiger partial charge in [0.15, 0.2) is 0 Å². The van der Waals surface area contributed by atoms with Crippen LogP contribution in [0.2, 0.25) is 0 Å². The number of urea groups is 1. The van der Waals surface area contributed by atoms with Gasteiger partial charge >= 0.3 is 12.1 Å². The summed E-state index contributed by atoms with van der Waals surface area (Å²) in [7, 11) is 0. The van der Waals surface area contributed by atoms with Gasteiger partial charge in [-0.25, -0.2) is 9.59 Å². The molecule has 0 atom stereocenters. The Morgan fingerprint density at radius 1 is 1.03 bits per heavy atom. The number of nitrogens with one attached hydrogen (secondary N) is 2. The molecule has 1 saturated carbocycles. The van der Waals surface area contributed by atoms with E-state index in [0.29, 0.717) is 44.7 Å². The second kappa shape index (κ2) is 9.14. The normalized spacial score (nSPS) is 27.0. The van der Waals surface area contributed by atoms with Crippen LogP contribution >= 0.6 is 0 Å². The van der Waals surface area contributed by atoms with E-state index in [-0.39, 0.29) is 35.9 Å². The topological polar surface area (TPSA) is 108 Å². The maximum atomic E-state index is 13.1. The number of nitrogens with zero attached hydrogens (tertiary/aromatic N) is 2. The van der Waals surface area contributed by atoms with Crippen LogP contribution in [0.25, 0.3) is 0 Å². The Bertz CT molecular complexity index is 782. The number of carbonyl (C=O) groups is 4. The standard InChI is InChI=1S/C24H40N4O5/c1-22(2,3)16-7-11-24(12-8-16)19(30)28(20(31)26-24)15-18(29)25-17-9-13-27(14-10-17)21(32)33-23(4,5)6/h16-17H,7-15H2,1-6H3,(H,25,29)(H,26,31). The third-order valence-corrected chi connectivity index (χ3v) is 7.12. The van der Waals surface area contributed by atoms with Gasteiger partial charge in [-0.3, -0.25) is 14.5 Å². The van der Waals surface area contributed by atoms with E-state index in [1.54, 1.807) is 4.90 Å². The van der Waals surface area contributed by atoms with Gasteiger partial charge in [-0.05, 0) is 70.6 Å². The van der Waals surface area contributed by atoms with E-state index >= 15 is 0 Å². The molecule has 0 aromatic heterocycles. The van der Waals surface area contributed by atoms with Crippen molar-refractivity contribution in [3.63, 3.8) is 0 Å². The molecule has 2 heterocycles. The van der Waals surface area contributed by atoms with Crippen molar-refractivity contribution in [2.75, 3.05) is 19.6 Å². The highest BCUT2D eigenvalue weighted by molar-refractivity contribution is 6.09. The van der Waals surface area contributed by atoms with Gasteiger partial charge in [0.2, 0.25) is 5.91 Å². The number of amides is 5. The van der Waals surface area contributed by atoms with Gasteiger partial charge in [0.25, 0.3) is 5.91 Å². The maximum Gasteiger partial charge on any atom is 0.410 e. The van der Waals surface area contributed by atoms with Crippen molar-refractivity contribution in [1.29, 1.82) is 0 Å². The molecular formula is C24H40N4O5. The molecule has 0 bridgehead atoms. The summed E-state index contributed by atoms with van der Waals surface area (Å²) in [4.78, 5) is 53.2. The van der Waals surface area contributed by atoms with E-state index in [9.17, 15) is 19.2 Å². The minimum absolute atomic E-state index is 0.104. The van der Waals surface area contributed by atoms with E-state index in [2.05, 4.69) is 31.4 Å². The number of likely N-dealkylation sites (tertiary alicyclic amines) is 1. The average molecular weight is 465 g/mol. The van der Waals surface area contributed by atoms with Crippen LogP contribution in [0.5, 0.6) is 0 Å². The monoisotopic (exact) mass is 464 g/mol. The number of piperidine rings is 1. The van der Waals surface area contributed by atoms with Crippen molar-refractivity contribution in [3.8, 4) is 0 Å². The largest absolute Gasteiger partial charge is 0.444 e. The van der Waals surface area contributed by atoms with Crippen molar-refractivity contribution >= 4 is 23.9 Å². The molecule has 0 aromatic rings. The minimum atomic E-state index is -0.863. The Labute approximate surface area is 196 Å². The molecular weight excluding hydrogens is 424 g/mol. The molecule has 3 aliphatic rings. The first-order chi connectivity index (χ1) is 15.2. The molecule has 2 aliphatic heterocycles. The zero-order valence-electron chi connectivity index (χ0n) is 21.0. The summed E-state index contributed by atoms with van der Waals surface area (Å²) >= 11 is 0. The molecule has 186 valence electrons. The van der Waals surface area contributed by atoms with E-state index < -0.39 is 17.2 Å². The molecule has 3 rings (SSSR count). The van der Waals surface area contributed by atoms with Crippen LogP contribution in [-0.2, 0) is 14.3 Å². The summed E-state index contributed by atoms with van der Waals surface area (Å²) in [5.74, 6) is -0.124. The van der Waals surface area contributed by atoms with Crippen molar-refractivity contribution in [1.82, 2.24) is 20.4 Å². The summed E-state index contributed by atoms with van der Waals surface area (Å²) in [6, 6.07) is -0.586. The molecule has 2 saturated heterocycles. The minimum Gasteiger partial charge on any atom is -0.444 e. The van der Waals surface area contributed by atoms with Crippen LogP contribution in [0.15, 0.2) is 0 Å². The Morgan fingerprint density at radius 2 is 1.61 bits per heavy atom. The molecule has 0 unspecified atom stereocenters. The third-order valence-electron chi connectivity index (χ3n) is 7.12. The fourth-order valence-corrected chi connectivity index (χ4v) is 5.09. The number of ether oxygens (including phenoxy) is 1. The molecule has 1 spiro atoms. The molecule has 0 aromatic carbocycles. The second-order valence-corrected chi connectivity index (χ2v) is 11.9. The Balaban J connectivity index is 1.48. The fourth-order valence-electron chi connectivity index (χ4n) is 5.09. The molecule has 0 radical (unpaired) electrons. The number of imide groups is 1. The van der Waals surface area contributed by atoms with E-state index in [0.717, 1.165) is 17.7 Å².